The third kappa shape index (κ3) is 2.36. The zero-order chi connectivity index (χ0) is 17.8. The molecule has 1 aromatic heterocycles. The van der Waals surface area contributed by atoms with E-state index in [1.54, 1.807) is 17.6 Å². The summed E-state index contributed by atoms with van der Waals surface area (Å²) in [6.45, 7) is 6.29. The predicted octanol–water partition coefficient (Wildman–Crippen LogP) is 5.05. The van der Waals surface area contributed by atoms with E-state index in [0.29, 0.717) is 12.8 Å². The van der Waals surface area contributed by atoms with Crippen molar-refractivity contribution in [1.29, 1.82) is 0 Å². The number of halogens is 1. The van der Waals surface area contributed by atoms with E-state index in [0.717, 1.165) is 33.9 Å². The van der Waals surface area contributed by atoms with Gasteiger partial charge in [0.05, 0.1) is 15.8 Å². The molecule has 3 nitrogen and oxygen atoms in total. The van der Waals surface area contributed by atoms with E-state index in [1.807, 2.05) is 6.07 Å². The number of rotatable bonds is 2. The van der Waals surface area contributed by atoms with Crippen LogP contribution in [0.3, 0.4) is 0 Å². The topological polar surface area (TPSA) is 42.0 Å². The molecule has 1 aliphatic carbocycles. The smallest absolute Gasteiger partial charge is 0.162 e. The molecule has 2 aromatic rings. The van der Waals surface area contributed by atoms with Gasteiger partial charge in [-0.3, -0.25) is 4.79 Å². The third-order valence-corrected chi connectivity index (χ3v) is 6.36. The highest BCUT2D eigenvalue weighted by Gasteiger charge is 2.50. The summed E-state index contributed by atoms with van der Waals surface area (Å²) in [5, 5.41) is 3.40. The minimum Gasteiger partial charge on any atom is -0.342 e. The number of nitrogens with one attached hydrogen (secondary N) is 1. The van der Waals surface area contributed by atoms with Crippen LogP contribution in [-0.2, 0) is 10.2 Å². The van der Waals surface area contributed by atoms with Crippen LogP contribution in [-0.4, -0.2) is 10.8 Å². The molecule has 0 saturated heterocycles. The number of anilines is 1. The Morgan fingerprint density at radius 1 is 1.32 bits per heavy atom. The normalized spacial score (nSPS) is 24.6. The van der Waals surface area contributed by atoms with E-state index < -0.39 is 5.41 Å². The van der Waals surface area contributed by atoms with Crippen LogP contribution >= 0.6 is 11.3 Å². The monoisotopic (exact) mass is 356 g/mol. The molecular weight excluding hydrogens is 335 g/mol. The van der Waals surface area contributed by atoms with Gasteiger partial charge >= 0.3 is 0 Å². The summed E-state index contributed by atoms with van der Waals surface area (Å²) in [6, 6.07) is 6.67. The van der Waals surface area contributed by atoms with Gasteiger partial charge in [0.1, 0.15) is 11.6 Å². The third-order valence-electron chi connectivity index (χ3n) is 5.37. The van der Waals surface area contributed by atoms with Crippen molar-refractivity contribution in [3.63, 3.8) is 0 Å². The van der Waals surface area contributed by atoms with Gasteiger partial charge in [-0.15, -0.1) is 11.3 Å². The fourth-order valence-corrected chi connectivity index (χ4v) is 5.43. The number of hydrogen-bond acceptors (Lipinski definition) is 4. The van der Waals surface area contributed by atoms with Crippen molar-refractivity contribution in [2.24, 2.45) is 5.41 Å². The maximum Gasteiger partial charge on any atom is 0.162 e. The Balaban J connectivity index is 2.04. The number of hydrogen-bond donors (Lipinski definition) is 1. The van der Waals surface area contributed by atoms with E-state index in [9.17, 15) is 9.18 Å². The second-order valence-electron chi connectivity index (χ2n) is 7.72. The SMILES string of the molecule is CCC1(c2cccc(F)c2)C2=C(CC(C)(C)CC2=O)Nc2ncsc21. The Morgan fingerprint density at radius 2 is 2.12 bits per heavy atom. The van der Waals surface area contributed by atoms with Gasteiger partial charge in [0.25, 0.3) is 0 Å². The van der Waals surface area contributed by atoms with Crippen molar-refractivity contribution in [2.45, 2.75) is 45.4 Å². The second-order valence-corrected chi connectivity index (χ2v) is 8.57. The van der Waals surface area contributed by atoms with Crippen molar-refractivity contribution in [2.75, 3.05) is 5.32 Å². The molecule has 130 valence electrons. The van der Waals surface area contributed by atoms with Crippen molar-refractivity contribution in [3.05, 3.63) is 57.3 Å². The number of Topliss-reactive ketones (excluding diaryl/α,β-unsaturated/α-hetero) is 1. The molecular formula is C20H21FN2OS. The van der Waals surface area contributed by atoms with Crippen LogP contribution in [0.1, 0.15) is 50.5 Å². The van der Waals surface area contributed by atoms with Gasteiger partial charge in [-0.25, -0.2) is 9.37 Å². The Kier molecular flexibility index (Phi) is 3.62. The average molecular weight is 356 g/mol. The van der Waals surface area contributed by atoms with Crippen LogP contribution in [0, 0.1) is 11.2 Å². The summed E-state index contributed by atoms with van der Waals surface area (Å²) in [5.74, 6) is 0.685. The number of carbonyl (C=O) groups is 1. The number of allylic oxidation sites excluding steroid dienone is 2. The van der Waals surface area contributed by atoms with Gasteiger partial charge in [-0.2, -0.15) is 0 Å². The first-order chi connectivity index (χ1) is 11.9. The summed E-state index contributed by atoms with van der Waals surface area (Å²) in [5.41, 5.74) is 3.69. The summed E-state index contributed by atoms with van der Waals surface area (Å²) in [4.78, 5) is 18.7. The van der Waals surface area contributed by atoms with Gasteiger partial charge in [0.15, 0.2) is 5.78 Å². The quantitative estimate of drug-likeness (QED) is 0.819. The molecule has 1 atom stereocenters. The van der Waals surface area contributed by atoms with Crippen LogP contribution in [0.2, 0.25) is 0 Å². The first-order valence-electron chi connectivity index (χ1n) is 8.61. The largest absolute Gasteiger partial charge is 0.342 e. The summed E-state index contributed by atoms with van der Waals surface area (Å²) >= 11 is 1.53. The lowest BCUT2D eigenvalue weighted by atomic mass is 9.62. The van der Waals surface area contributed by atoms with Gasteiger partial charge in [0.2, 0.25) is 0 Å². The lowest BCUT2D eigenvalue weighted by Gasteiger charge is -2.44. The molecule has 0 bridgehead atoms. The number of thiazole rings is 1. The molecule has 1 aliphatic heterocycles. The lowest BCUT2D eigenvalue weighted by Crippen LogP contribution is -2.43. The van der Waals surface area contributed by atoms with Crippen LogP contribution in [0.15, 0.2) is 41.0 Å². The number of aromatic nitrogens is 1. The first kappa shape index (κ1) is 16.5. The highest BCUT2D eigenvalue weighted by Crippen LogP contribution is 2.55. The van der Waals surface area contributed by atoms with E-state index in [2.05, 4.69) is 31.1 Å². The molecule has 0 spiro atoms. The molecule has 2 heterocycles. The highest BCUT2D eigenvalue weighted by molar-refractivity contribution is 7.10. The Hall–Kier alpha value is -2.01. The summed E-state index contributed by atoms with van der Waals surface area (Å²) in [7, 11) is 0. The van der Waals surface area contributed by atoms with Crippen LogP contribution in [0.5, 0.6) is 0 Å². The zero-order valence-corrected chi connectivity index (χ0v) is 15.5. The maximum atomic E-state index is 14.0. The van der Waals surface area contributed by atoms with E-state index in [4.69, 9.17) is 0 Å². The minimum absolute atomic E-state index is 0.0855. The molecule has 0 amide bonds. The molecule has 1 unspecified atom stereocenters. The molecule has 0 radical (unpaired) electrons. The number of ketones is 1. The molecule has 0 fully saturated rings. The van der Waals surface area contributed by atoms with E-state index in [1.165, 1.54) is 17.4 Å². The summed E-state index contributed by atoms with van der Waals surface area (Å²) in [6.07, 6.45) is 2.00. The second kappa shape index (κ2) is 5.49. The lowest BCUT2D eigenvalue weighted by molar-refractivity contribution is -0.118. The fraction of sp³-hybridized carbons (Fsp3) is 0.400. The maximum absolute atomic E-state index is 14.0. The standard InChI is InChI=1S/C20H21FN2OS/c1-4-20(12-6-5-7-13(21)8-12)16-14(9-19(2,3)10-15(16)24)23-18-17(20)25-11-22-18/h5-8,11,23H,4,9-10H2,1-3H3. The highest BCUT2D eigenvalue weighted by atomic mass is 32.1. The van der Waals surface area contributed by atoms with Crippen molar-refractivity contribution >= 4 is 22.9 Å². The van der Waals surface area contributed by atoms with Crippen LogP contribution < -0.4 is 5.32 Å². The summed E-state index contributed by atoms with van der Waals surface area (Å²) < 4.78 is 14.0. The number of benzene rings is 1. The van der Waals surface area contributed by atoms with Gasteiger partial charge in [-0.1, -0.05) is 32.9 Å². The van der Waals surface area contributed by atoms with Gasteiger partial charge in [-0.05, 0) is 36.0 Å². The van der Waals surface area contributed by atoms with Crippen molar-refractivity contribution in [3.8, 4) is 0 Å². The molecule has 0 saturated carbocycles. The molecule has 1 N–H and O–H groups in total. The molecule has 5 heteroatoms. The predicted molar refractivity (Wildman–Crippen MR) is 98.3 cm³/mol. The zero-order valence-electron chi connectivity index (χ0n) is 14.6. The number of carbonyl (C=O) groups excluding carboxylic acids is 1. The Labute approximate surface area is 151 Å². The van der Waals surface area contributed by atoms with Crippen LogP contribution in [0.4, 0.5) is 10.2 Å². The van der Waals surface area contributed by atoms with Gasteiger partial charge < -0.3 is 5.32 Å². The number of nitrogens with zero attached hydrogens (tertiary/aromatic N) is 1. The minimum atomic E-state index is -0.618. The molecule has 4 rings (SSSR count). The van der Waals surface area contributed by atoms with Crippen LogP contribution in [0.25, 0.3) is 0 Å². The molecule has 2 aliphatic rings. The Bertz CT molecular complexity index is 899. The Morgan fingerprint density at radius 3 is 2.84 bits per heavy atom. The fourth-order valence-electron chi connectivity index (χ4n) is 4.39. The molecule has 25 heavy (non-hydrogen) atoms. The van der Waals surface area contributed by atoms with Gasteiger partial charge in [0, 0.05) is 17.7 Å². The molecule has 1 aromatic carbocycles. The van der Waals surface area contributed by atoms with E-state index in [-0.39, 0.29) is 17.0 Å². The first-order valence-corrected chi connectivity index (χ1v) is 9.49. The van der Waals surface area contributed by atoms with Crippen molar-refractivity contribution in [1.82, 2.24) is 4.98 Å². The van der Waals surface area contributed by atoms with Crippen molar-refractivity contribution < 1.29 is 9.18 Å². The number of fused-ring (bicyclic) bond motifs is 1. The van der Waals surface area contributed by atoms with E-state index >= 15 is 0 Å². The average Bonchev–Trinajstić information content (AvgIpc) is 3.00.